The summed E-state index contributed by atoms with van der Waals surface area (Å²) < 4.78 is 23.2. The molecule has 0 amide bonds. The summed E-state index contributed by atoms with van der Waals surface area (Å²) in [5, 5.41) is 0. The molecule has 1 aliphatic rings. The van der Waals surface area contributed by atoms with E-state index in [9.17, 15) is 9.59 Å². The van der Waals surface area contributed by atoms with Gasteiger partial charge in [-0.05, 0) is 36.8 Å². The van der Waals surface area contributed by atoms with Gasteiger partial charge in [-0.2, -0.15) is 0 Å². The molecule has 0 aliphatic carbocycles. The summed E-state index contributed by atoms with van der Waals surface area (Å²) in [6.07, 6.45) is 1.74. The van der Waals surface area contributed by atoms with Crippen molar-refractivity contribution >= 4 is 23.4 Å². The van der Waals surface area contributed by atoms with Gasteiger partial charge in [0.1, 0.15) is 5.75 Å². The fourth-order valence-electron chi connectivity index (χ4n) is 3.96. The van der Waals surface area contributed by atoms with Gasteiger partial charge in [0, 0.05) is 5.56 Å². The van der Waals surface area contributed by atoms with Crippen LogP contribution in [0.1, 0.15) is 24.1 Å². The van der Waals surface area contributed by atoms with Crippen LogP contribution in [0.4, 0.5) is 0 Å². The number of para-hydroxylation sites is 1. The Bertz CT molecular complexity index is 1450. The Balaban J connectivity index is 1.97. The molecule has 0 saturated carbocycles. The first-order valence-corrected chi connectivity index (χ1v) is 11.2. The quantitative estimate of drug-likeness (QED) is 0.504. The van der Waals surface area contributed by atoms with Crippen LogP contribution in [0.2, 0.25) is 0 Å². The van der Waals surface area contributed by atoms with Gasteiger partial charge >= 0.3 is 5.97 Å². The number of ether oxygens (including phenoxy) is 4. The van der Waals surface area contributed by atoms with Crippen LogP contribution >= 0.6 is 11.3 Å². The van der Waals surface area contributed by atoms with Crippen molar-refractivity contribution in [3.05, 3.63) is 84.5 Å². The average molecular weight is 481 g/mol. The molecule has 8 nitrogen and oxygen atoms in total. The van der Waals surface area contributed by atoms with Gasteiger partial charge in [0.2, 0.25) is 0 Å². The number of rotatable bonds is 6. The second-order valence-corrected chi connectivity index (χ2v) is 8.44. The van der Waals surface area contributed by atoms with Crippen molar-refractivity contribution in [3.8, 4) is 17.2 Å². The van der Waals surface area contributed by atoms with Crippen LogP contribution in [0.3, 0.4) is 0 Å². The number of benzene rings is 2. The normalized spacial score (nSPS) is 15.4. The van der Waals surface area contributed by atoms with Gasteiger partial charge in [0.15, 0.2) is 16.3 Å². The van der Waals surface area contributed by atoms with Gasteiger partial charge in [-0.15, -0.1) is 0 Å². The standard InChI is InChI=1S/C25H24N2O6S/c1-14-20(24(29)33-5)21(15-9-11-17(30-2)12-10-15)27-23(28)19(34-25(27)26-14)13-16-7-6-8-18(31-3)22(16)32-4/h6-13,21H,1-5H3/b19-13-. The zero-order chi connectivity index (χ0) is 24.4. The van der Waals surface area contributed by atoms with Crippen LogP contribution < -0.4 is 29.1 Å². The Kier molecular flexibility index (Phi) is 6.56. The van der Waals surface area contributed by atoms with Crippen molar-refractivity contribution in [2.75, 3.05) is 28.4 Å². The van der Waals surface area contributed by atoms with Crippen LogP contribution in [-0.4, -0.2) is 39.0 Å². The molecule has 176 valence electrons. The van der Waals surface area contributed by atoms with Crippen LogP contribution in [-0.2, 0) is 9.53 Å². The van der Waals surface area contributed by atoms with Gasteiger partial charge in [-0.1, -0.05) is 35.6 Å². The Labute approximate surface area is 200 Å². The van der Waals surface area contributed by atoms with Crippen LogP contribution in [0.25, 0.3) is 6.08 Å². The van der Waals surface area contributed by atoms with E-state index in [1.54, 1.807) is 52.5 Å². The van der Waals surface area contributed by atoms with Crippen LogP contribution in [0.15, 0.2) is 63.5 Å². The molecule has 3 aromatic rings. The van der Waals surface area contributed by atoms with E-state index in [2.05, 4.69) is 4.99 Å². The minimum absolute atomic E-state index is 0.275. The van der Waals surface area contributed by atoms with Crippen molar-refractivity contribution < 1.29 is 23.7 Å². The summed E-state index contributed by atoms with van der Waals surface area (Å²) >= 11 is 1.24. The van der Waals surface area contributed by atoms with Gasteiger partial charge in [0.25, 0.3) is 5.56 Å². The highest BCUT2D eigenvalue weighted by Gasteiger charge is 2.33. The lowest BCUT2D eigenvalue weighted by atomic mass is 9.96. The molecule has 0 N–H and O–H groups in total. The smallest absolute Gasteiger partial charge is 0.338 e. The third kappa shape index (κ3) is 3.99. The lowest BCUT2D eigenvalue weighted by Crippen LogP contribution is -2.39. The minimum atomic E-state index is -0.691. The van der Waals surface area contributed by atoms with Crippen molar-refractivity contribution in [1.82, 2.24) is 4.57 Å². The van der Waals surface area contributed by atoms with E-state index < -0.39 is 12.0 Å². The molecule has 1 atom stereocenters. The van der Waals surface area contributed by atoms with Crippen molar-refractivity contribution in [3.63, 3.8) is 0 Å². The molecule has 1 aromatic heterocycles. The lowest BCUT2D eigenvalue weighted by molar-refractivity contribution is -0.136. The van der Waals surface area contributed by atoms with E-state index >= 15 is 0 Å². The highest BCUT2D eigenvalue weighted by atomic mass is 32.1. The van der Waals surface area contributed by atoms with E-state index in [-0.39, 0.29) is 5.56 Å². The summed E-state index contributed by atoms with van der Waals surface area (Å²) in [6.45, 7) is 1.74. The number of esters is 1. The molecule has 4 rings (SSSR count). The molecule has 0 spiro atoms. The summed E-state index contributed by atoms with van der Waals surface area (Å²) in [5.41, 5.74) is 1.97. The molecule has 0 radical (unpaired) electrons. The summed E-state index contributed by atoms with van der Waals surface area (Å²) in [4.78, 5) is 31.4. The first-order valence-electron chi connectivity index (χ1n) is 10.4. The maximum Gasteiger partial charge on any atom is 0.338 e. The number of fused-ring (bicyclic) bond motifs is 1. The fourth-order valence-corrected chi connectivity index (χ4v) is 5.00. The predicted octanol–water partition coefficient (Wildman–Crippen LogP) is 2.43. The number of thiazole rings is 1. The van der Waals surface area contributed by atoms with Crippen LogP contribution in [0.5, 0.6) is 17.2 Å². The van der Waals surface area contributed by atoms with Gasteiger partial charge in [0.05, 0.1) is 50.3 Å². The second-order valence-electron chi connectivity index (χ2n) is 7.43. The number of allylic oxidation sites excluding steroid dienone is 1. The Morgan fingerprint density at radius 1 is 1.03 bits per heavy atom. The fraction of sp³-hybridized carbons (Fsp3) is 0.240. The molecule has 0 fully saturated rings. The van der Waals surface area contributed by atoms with E-state index in [4.69, 9.17) is 18.9 Å². The first-order chi connectivity index (χ1) is 16.4. The molecule has 1 unspecified atom stereocenters. The molecule has 9 heteroatoms. The van der Waals surface area contributed by atoms with Gasteiger partial charge < -0.3 is 18.9 Å². The highest BCUT2D eigenvalue weighted by molar-refractivity contribution is 7.07. The van der Waals surface area contributed by atoms with E-state index in [1.807, 2.05) is 24.3 Å². The Hall–Kier alpha value is -3.85. The van der Waals surface area contributed by atoms with E-state index in [0.29, 0.717) is 43.4 Å². The number of hydrogen-bond acceptors (Lipinski definition) is 8. The third-order valence-corrected chi connectivity index (χ3v) is 6.56. The lowest BCUT2D eigenvalue weighted by Gasteiger charge is -2.24. The Morgan fingerprint density at radius 3 is 2.38 bits per heavy atom. The second kappa shape index (κ2) is 9.56. The molecule has 2 heterocycles. The number of carbonyl (C=O) groups excluding carboxylic acids is 1. The molecule has 1 aliphatic heterocycles. The topological polar surface area (TPSA) is 88.4 Å². The zero-order valence-corrected chi connectivity index (χ0v) is 20.3. The average Bonchev–Trinajstić information content (AvgIpc) is 3.16. The van der Waals surface area contributed by atoms with Crippen molar-refractivity contribution in [2.45, 2.75) is 13.0 Å². The largest absolute Gasteiger partial charge is 0.497 e. The Morgan fingerprint density at radius 2 is 1.76 bits per heavy atom. The number of aromatic nitrogens is 1. The number of carbonyl (C=O) groups is 1. The van der Waals surface area contributed by atoms with Crippen LogP contribution in [0, 0.1) is 0 Å². The SMILES string of the molecule is COC(=O)C1=C(C)N=c2s/c(=C\c3cccc(OC)c3OC)c(=O)n2C1c1ccc(OC)cc1. The molecular weight excluding hydrogens is 456 g/mol. The minimum Gasteiger partial charge on any atom is -0.497 e. The molecule has 0 saturated heterocycles. The van der Waals surface area contributed by atoms with Gasteiger partial charge in [-0.25, -0.2) is 9.79 Å². The third-order valence-electron chi connectivity index (χ3n) is 5.58. The first kappa shape index (κ1) is 23.3. The predicted molar refractivity (Wildman–Crippen MR) is 128 cm³/mol. The van der Waals surface area contributed by atoms with E-state index in [0.717, 1.165) is 5.56 Å². The van der Waals surface area contributed by atoms with Gasteiger partial charge in [-0.3, -0.25) is 9.36 Å². The summed E-state index contributed by atoms with van der Waals surface area (Å²) in [6, 6.07) is 12.0. The summed E-state index contributed by atoms with van der Waals surface area (Å²) in [5.74, 6) is 1.21. The monoisotopic (exact) mass is 480 g/mol. The number of hydrogen-bond donors (Lipinski definition) is 0. The maximum absolute atomic E-state index is 13.7. The maximum atomic E-state index is 13.7. The molecule has 34 heavy (non-hydrogen) atoms. The highest BCUT2D eigenvalue weighted by Crippen LogP contribution is 2.32. The molecule has 0 bridgehead atoms. The number of methoxy groups -OCH3 is 4. The number of nitrogens with zero attached hydrogens (tertiary/aromatic N) is 2. The zero-order valence-electron chi connectivity index (χ0n) is 19.4. The molecular formula is C25H24N2O6S. The summed E-state index contributed by atoms with van der Waals surface area (Å²) in [7, 11) is 6.00. The van der Waals surface area contributed by atoms with E-state index in [1.165, 1.54) is 23.0 Å². The molecule has 2 aromatic carbocycles. The van der Waals surface area contributed by atoms with Crippen molar-refractivity contribution in [2.24, 2.45) is 4.99 Å². The van der Waals surface area contributed by atoms with Crippen molar-refractivity contribution in [1.29, 1.82) is 0 Å².